The van der Waals surface area contributed by atoms with E-state index < -0.39 is 11.2 Å². The molecule has 1 fully saturated rings. The van der Waals surface area contributed by atoms with E-state index in [4.69, 9.17) is 14.7 Å². The smallest absolute Gasteiger partial charge is 0.332 e. The van der Waals surface area contributed by atoms with E-state index in [9.17, 15) is 14.7 Å². The first-order valence-corrected chi connectivity index (χ1v) is 13.6. The number of allylic oxidation sites excluding steroid dienone is 6. The third-order valence-electron chi connectivity index (χ3n) is 7.35. The lowest BCUT2D eigenvalue weighted by Gasteiger charge is -2.21. The molecule has 0 atom stereocenters. The molecule has 38 heavy (non-hydrogen) atoms. The molecule has 0 bridgehead atoms. The van der Waals surface area contributed by atoms with Crippen molar-refractivity contribution in [3.63, 3.8) is 0 Å². The quantitative estimate of drug-likeness (QED) is 0.533. The molecule has 2 aromatic rings. The zero-order valence-corrected chi connectivity index (χ0v) is 22.4. The lowest BCUT2D eigenvalue weighted by Crippen LogP contribution is -2.41. The van der Waals surface area contributed by atoms with E-state index in [0.717, 1.165) is 35.6 Å². The lowest BCUT2D eigenvalue weighted by molar-refractivity contribution is 0.190. The first-order valence-electron chi connectivity index (χ1n) is 13.6. The molecule has 1 saturated carbocycles. The Morgan fingerprint density at radius 3 is 2.63 bits per heavy atom. The van der Waals surface area contributed by atoms with Gasteiger partial charge < -0.3 is 14.4 Å². The Balaban J connectivity index is 1.72. The minimum atomic E-state index is -0.415. The Labute approximate surface area is 221 Å². The zero-order valence-electron chi connectivity index (χ0n) is 22.4. The average molecular weight is 518 g/mol. The predicted molar refractivity (Wildman–Crippen MR) is 147 cm³/mol. The largest absolute Gasteiger partial charge is 0.477 e. The number of fused-ring (bicyclic) bond motifs is 1. The summed E-state index contributed by atoms with van der Waals surface area (Å²) in [5.74, 6) is 1.39. The molecular weight excluding hydrogens is 482 g/mol. The van der Waals surface area contributed by atoms with E-state index in [1.807, 2.05) is 37.5 Å². The van der Waals surface area contributed by atoms with Crippen molar-refractivity contribution in [1.82, 2.24) is 18.7 Å². The van der Waals surface area contributed by atoms with Gasteiger partial charge in [-0.3, -0.25) is 13.9 Å². The molecule has 1 N–H and O–H groups in total. The van der Waals surface area contributed by atoms with Gasteiger partial charge in [-0.05, 0) is 71.4 Å². The normalized spacial score (nSPS) is 17.7. The van der Waals surface area contributed by atoms with Crippen molar-refractivity contribution in [2.45, 2.75) is 91.0 Å². The molecule has 3 aliphatic rings. The van der Waals surface area contributed by atoms with Crippen LogP contribution in [-0.4, -0.2) is 42.4 Å². The van der Waals surface area contributed by atoms with Gasteiger partial charge in [-0.2, -0.15) is 0 Å². The summed E-state index contributed by atoms with van der Waals surface area (Å²) in [6.07, 6.45) is 12.0. The molecule has 1 aliphatic heterocycles. The van der Waals surface area contributed by atoms with Crippen molar-refractivity contribution < 1.29 is 9.84 Å². The van der Waals surface area contributed by atoms with E-state index in [2.05, 4.69) is 11.5 Å². The van der Waals surface area contributed by atoms with E-state index in [-0.39, 0.29) is 25.3 Å². The van der Waals surface area contributed by atoms with Gasteiger partial charge in [0.05, 0.1) is 6.54 Å². The number of aliphatic hydroxyl groups excluding tert-OH is 1. The molecule has 5 rings (SSSR count). The van der Waals surface area contributed by atoms with Gasteiger partial charge in [0.2, 0.25) is 0 Å². The monoisotopic (exact) mass is 517 g/mol. The van der Waals surface area contributed by atoms with Gasteiger partial charge in [-0.25, -0.2) is 14.8 Å². The molecule has 0 amide bonds. The first kappa shape index (κ1) is 26.0. The van der Waals surface area contributed by atoms with E-state index in [1.54, 1.807) is 10.6 Å². The van der Waals surface area contributed by atoms with Crippen LogP contribution in [0, 0.1) is 0 Å². The van der Waals surface area contributed by atoms with Gasteiger partial charge in [0, 0.05) is 42.5 Å². The zero-order chi connectivity index (χ0) is 26.8. The van der Waals surface area contributed by atoms with Crippen molar-refractivity contribution >= 4 is 22.6 Å². The van der Waals surface area contributed by atoms with Gasteiger partial charge in [-0.15, -0.1) is 0 Å². The minimum absolute atomic E-state index is 0.111. The maximum Gasteiger partial charge on any atom is 0.332 e. The highest BCUT2D eigenvalue weighted by Gasteiger charge is 2.28. The number of aromatic nitrogens is 4. The third-order valence-corrected chi connectivity index (χ3v) is 7.35. The number of rotatable bonds is 8. The van der Waals surface area contributed by atoms with E-state index >= 15 is 0 Å². The van der Waals surface area contributed by atoms with Crippen LogP contribution in [-0.2, 0) is 17.8 Å². The van der Waals surface area contributed by atoms with Crippen LogP contribution < -0.4 is 11.2 Å². The average Bonchev–Trinajstić information content (AvgIpc) is 3.53. The summed E-state index contributed by atoms with van der Waals surface area (Å²) in [5.41, 5.74) is 8.61. The fourth-order valence-corrected chi connectivity index (χ4v) is 5.46. The van der Waals surface area contributed by atoms with Crippen LogP contribution in [0.25, 0.3) is 16.7 Å². The van der Waals surface area contributed by atoms with E-state index in [0.29, 0.717) is 42.8 Å². The molecule has 0 saturated heterocycles. The van der Waals surface area contributed by atoms with Gasteiger partial charge >= 0.3 is 5.69 Å². The fraction of sp³-hybridized carbons (Fsp3) is 0.517. The molecule has 0 unspecified atom stereocenters. The molecule has 0 spiro atoms. The van der Waals surface area contributed by atoms with Crippen molar-refractivity contribution in [1.29, 1.82) is 0 Å². The Morgan fingerprint density at radius 2 is 1.97 bits per heavy atom. The summed E-state index contributed by atoms with van der Waals surface area (Å²) in [6.45, 7) is 6.13. The lowest BCUT2D eigenvalue weighted by atomic mass is 10.0. The molecule has 200 valence electrons. The fourth-order valence-electron chi connectivity index (χ4n) is 5.46. The van der Waals surface area contributed by atoms with Crippen LogP contribution >= 0.6 is 0 Å². The number of aliphatic hydroxyl groups is 1. The van der Waals surface area contributed by atoms with Gasteiger partial charge in [-0.1, -0.05) is 17.5 Å². The highest BCUT2D eigenvalue weighted by molar-refractivity contribution is 5.86. The van der Waals surface area contributed by atoms with Crippen molar-refractivity contribution in [3.8, 4) is 0 Å². The number of hydrogen-bond donors (Lipinski definition) is 1. The third kappa shape index (κ3) is 4.93. The minimum Gasteiger partial charge on any atom is -0.477 e. The topological polar surface area (TPSA) is 104 Å². The van der Waals surface area contributed by atoms with Crippen LogP contribution in [0.15, 0.2) is 55.5 Å². The van der Waals surface area contributed by atoms with Crippen molar-refractivity contribution in [2.24, 2.45) is 4.99 Å². The highest BCUT2D eigenvalue weighted by Crippen LogP contribution is 2.32. The predicted octanol–water partition coefficient (Wildman–Crippen LogP) is 4.01. The Kier molecular flexibility index (Phi) is 7.52. The second-order valence-electron chi connectivity index (χ2n) is 10.4. The summed E-state index contributed by atoms with van der Waals surface area (Å²) < 4.78 is 10.9. The summed E-state index contributed by atoms with van der Waals surface area (Å²) in [5, 5.41) is 9.39. The maximum absolute atomic E-state index is 13.8. The summed E-state index contributed by atoms with van der Waals surface area (Å²) in [7, 11) is 0. The number of aliphatic imine (C=N–C) groups is 1. The molecule has 0 aromatic carbocycles. The molecule has 3 heterocycles. The number of nitrogens with zero attached hydrogens (tertiary/aromatic N) is 5. The van der Waals surface area contributed by atoms with Crippen molar-refractivity contribution in [3.05, 3.63) is 67.6 Å². The van der Waals surface area contributed by atoms with Crippen LogP contribution in [0.4, 0.5) is 0 Å². The molecule has 9 nitrogen and oxygen atoms in total. The van der Waals surface area contributed by atoms with Crippen LogP contribution in [0.2, 0.25) is 0 Å². The molecule has 2 aromatic heterocycles. The van der Waals surface area contributed by atoms with Crippen LogP contribution in [0.3, 0.4) is 0 Å². The Morgan fingerprint density at radius 1 is 1.18 bits per heavy atom. The SMILES string of the molecule is CC1=C(c2nc3c(c(=O)n(CCCO)c(=O)n3C(C)C)n2CC2=C=C=CC=C2)CCC(OC2CCCC2)=N1. The highest BCUT2D eigenvalue weighted by atomic mass is 16.5. The maximum atomic E-state index is 13.8. The second-order valence-corrected chi connectivity index (χ2v) is 10.4. The van der Waals surface area contributed by atoms with Crippen LogP contribution in [0.5, 0.6) is 0 Å². The van der Waals surface area contributed by atoms with E-state index in [1.165, 1.54) is 17.4 Å². The number of hydrogen-bond acceptors (Lipinski definition) is 6. The van der Waals surface area contributed by atoms with Gasteiger partial charge in [0.1, 0.15) is 11.9 Å². The standard InChI is InChI=1S/C29H35N5O4/c1-19(2)34-27-25(28(36)32(29(34)37)16-9-17-35)33(18-21-10-5-4-6-11-21)26(31-27)23-14-15-24(30-20(23)3)38-22-12-7-8-13-22/h4-5,10,19,22,35H,7-9,12-18H2,1-3H3. The molecule has 9 heteroatoms. The Bertz CT molecular complexity index is 1560. The molecule has 2 aliphatic carbocycles. The Hall–Kier alpha value is -3.64. The summed E-state index contributed by atoms with van der Waals surface area (Å²) >= 11 is 0. The first-order chi connectivity index (χ1) is 18.4. The van der Waals surface area contributed by atoms with Gasteiger partial charge in [0.25, 0.3) is 5.56 Å². The van der Waals surface area contributed by atoms with Crippen molar-refractivity contribution in [2.75, 3.05) is 6.61 Å². The number of ether oxygens (including phenoxy) is 1. The van der Waals surface area contributed by atoms with Crippen LogP contribution in [0.1, 0.15) is 77.6 Å². The number of imidazole rings is 1. The molecule has 0 radical (unpaired) electrons. The second kappa shape index (κ2) is 11.0. The summed E-state index contributed by atoms with van der Waals surface area (Å²) in [4.78, 5) is 37.0. The van der Waals surface area contributed by atoms with Gasteiger partial charge in [0.15, 0.2) is 17.1 Å². The summed E-state index contributed by atoms with van der Waals surface area (Å²) in [6, 6.07) is -0.218. The molecular formula is C29H35N5O4.